The molecule has 4 saturated carbocycles. The van der Waals surface area contributed by atoms with Gasteiger partial charge < -0.3 is 9.47 Å². The highest BCUT2D eigenvalue weighted by Gasteiger charge is 2.63. The van der Waals surface area contributed by atoms with E-state index in [1.54, 1.807) is 0 Å². The van der Waals surface area contributed by atoms with E-state index in [1.807, 2.05) is 20.8 Å². The molecule has 4 aliphatic carbocycles. The third-order valence-electron chi connectivity index (χ3n) is 5.94. The maximum atomic E-state index is 12.8. The molecular weight excluding hydrogens is 360 g/mol. The quantitative estimate of drug-likeness (QED) is 0.569. The van der Waals surface area contributed by atoms with Crippen LogP contribution in [-0.4, -0.2) is 42.9 Å². The van der Waals surface area contributed by atoms with Crippen LogP contribution in [0.15, 0.2) is 0 Å². The first-order valence-corrected chi connectivity index (χ1v) is 10.8. The van der Waals surface area contributed by atoms with Crippen LogP contribution < -0.4 is 0 Å². The van der Waals surface area contributed by atoms with Gasteiger partial charge in [0.25, 0.3) is 10.1 Å². The number of carbonyl (C=O) groups excluding carboxylic acids is 2. The van der Waals surface area contributed by atoms with Crippen molar-refractivity contribution in [2.24, 2.45) is 22.7 Å². The van der Waals surface area contributed by atoms with Gasteiger partial charge in [0.15, 0.2) is 0 Å². The summed E-state index contributed by atoms with van der Waals surface area (Å²) < 4.78 is 41.6. The topological polar surface area (TPSA) is 107 Å². The van der Waals surface area contributed by atoms with Crippen LogP contribution in [0.3, 0.4) is 0 Å². The van der Waals surface area contributed by atoms with Gasteiger partial charge in [-0.1, -0.05) is 0 Å². The molecule has 4 rings (SSSR count). The summed E-state index contributed by atoms with van der Waals surface area (Å²) in [4.78, 5) is 25.2. The zero-order valence-corrected chi connectivity index (χ0v) is 16.4. The van der Waals surface area contributed by atoms with E-state index in [1.165, 1.54) is 0 Å². The molecule has 0 saturated heterocycles. The molecule has 7 nitrogen and oxygen atoms in total. The summed E-state index contributed by atoms with van der Waals surface area (Å²) in [5.74, 6) is -0.650. The second-order valence-electron chi connectivity index (χ2n) is 9.49. The SMILES string of the molecule is CC(C)(C)C(=O)OC12CC3CC(C1)CC(C(=O)OCCS(=O)(=O)O)(C3)C2. The lowest BCUT2D eigenvalue weighted by Crippen LogP contribution is -2.60. The van der Waals surface area contributed by atoms with Gasteiger partial charge in [-0.2, -0.15) is 8.42 Å². The van der Waals surface area contributed by atoms with Crippen molar-refractivity contribution in [2.45, 2.75) is 64.9 Å². The van der Waals surface area contributed by atoms with Gasteiger partial charge in [0, 0.05) is 6.42 Å². The monoisotopic (exact) mass is 388 g/mol. The van der Waals surface area contributed by atoms with E-state index in [-0.39, 0.29) is 12.6 Å². The van der Waals surface area contributed by atoms with Crippen molar-refractivity contribution in [3.8, 4) is 0 Å². The summed E-state index contributed by atoms with van der Waals surface area (Å²) in [5, 5.41) is 0. The Labute approximate surface area is 154 Å². The molecule has 1 N–H and O–H groups in total. The highest BCUT2D eigenvalue weighted by Crippen LogP contribution is 2.63. The smallest absolute Gasteiger partial charge is 0.312 e. The highest BCUT2D eigenvalue weighted by molar-refractivity contribution is 7.85. The van der Waals surface area contributed by atoms with E-state index in [2.05, 4.69) is 0 Å². The Hall–Kier alpha value is -1.15. The van der Waals surface area contributed by atoms with E-state index < -0.39 is 38.3 Å². The molecule has 2 atom stereocenters. The largest absolute Gasteiger partial charge is 0.464 e. The van der Waals surface area contributed by atoms with Gasteiger partial charge in [0.05, 0.1) is 10.8 Å². The zero-order valence-electron chi connectivity index (χ0n) is 15.6. The van der Waals surface area contributed by atoms with Crippen molar-refractivity contribution in [3.05, 3.63) is 0 Å². The van der Waals surface area contributed by atoms with Crippen LogP contribution >= 0.6 is 0 Å². The molecule has 8 heteroatoms. The molecule has 148 valence electrons. The fraction of sp³-hybridized carbons (Fsp3) is 0.889. The Balaban J connectivity index is 1.75. The molecule has 0 aromatic heterocycles. The van der Waals surface area contributed by atoms with Gasteiger partial charge in [0.2, 0.25) is 0 Å². The van der Waals surface area contributed by atoms with E-state index in [9.17, 15) is 18.0 Å². The summed E-state index contributed by atoms with van der Waals surface area (Å²) >= 11 is 0. The minimum absolute atomic E-state index is 0.255. The Morgan fingerprint density at radius 1 is 1.12 bits per heavy atom. The maximum absolute atomic E-state index is 12.8. The Morgan fingerprint density at radius 3 is 2.19 bits per heavy atom. The van der Waals surface area contributed by atoms with Crippen LogP contribution in [0, 0.1) is 22.7 Å². The maximum Gasteiger partial charge on any atom is 0.312 e. The third kappa shape index (κ3) is 3.91. The first kappa shape index (κ1) is 19.6. The van der Waals surface area contributed by atoms with Gasteiger partial charge in [-0.15, -0.1) is 0 Å². The molecular formula is C18H28O7S. The molecule has 0 amide bonds. The first-order chi connectivity index (χ1) is 11.8. The van der Waals surface area contributed by atoms with E-state index >= 15 is 0 Å². The van der Waals surface area contributed by atoms with Crippen LogP contribution in [0.25, 0.3) is 0 Å². The molecule has 4 bridgehead atoms. The molecule has 0 spiro atoms. The molecule has 4 fully saturated rings. The average Bonchev–Trinajstić information content (AvgIpc) is 2.42. The van der Waals surface area contributed by atoms with Crippen molar-refractivity contribution in [1.82, 2.24) is 0 Å². The van der Waals surface area contributed by atoms with Gasteiger partial charge in [-0.05, 0) is 64.7 Å². The number of hydrogen-bond donors (Lipinski definition) is 1. The van der Waals surface area contributed by atoms with Gasteiger partial charge in [-0.3, -0.25) is 14.1 Å². The molecule has 0 radical (unpaired) electrons. The normalized spacial score (nSPS) is 36.0. The lowest BCUT2D eigenvalue weighted by molar-refractivity contribution is -0.217. The van der Waals surface area contributed by atoms with Crippen molar-refractivity contribution >= 4 is 22.1 Å². The zero-order chi connectivity index (χ0) is 19.4. The van der Waals surface area contributed by atoms with Gasteiger partial charge >= 0.3 is 11.9 Å². The molecule has 0 aliphatic heterocycles. The third-order valence-corrected chi connectivity index (χ3v) is 6.62. The minimum Gasteiger partial charge on any atom is -0.464 e. The minimum atomic E-state index is -4.17. The fourth-order valence-electron chi connectivity index (χ4n) is 5.28. The molecule has 0 aromatic rings. The molecule has 0 heterocycles. The van der Waals surface area contributed by atoms with Gasteiger partial charge in [-0.25, -0.2) is 0 Å². The fourth-order valence-corrected chi connectivity index (χ4v) is 5.57. The summed E-state index contributed by atoms with van der Waals surface area (Å²) in [6.45, 7) is 5.09. The molecule has 0 aromatic carbocycles. The Bertz CT molecular complexity index is 690. The van der Waals surface area contributed by atoms with Crippen molar-refractivity contribution < 1.29 is 32.0 Å². The number of rotatable bonds is 5. The molecule has 26 heavy (non-hydrogen) atoms. The second-order valence-corrected chi connectivity index (χ2v) is 11.1. The van der Waals surface area contributed by atoms with E-state index in [0.717, 1.165) is 19.3 Å². The predicted octanol–water partition coefficient (Wildman–Crippen LogP) is 2.35. The highest BCUT2D eigenvalue weighted by atomic mass is 32.2. The lowest BCUT2D eigenvalue weighted by atomic mass is 9.48. The van der Waals surface area contributed by atoms with Crippen molar-refractivity contribution in [3.63, 3.8) is 0 Å². The number of ether oxygens (including phenoxy) is 2. The number of carbonyl (C=O) groups is 2. The standard InChI is InChI=1S/C18H28O7S/c1-16(2,3)14(19)25-18-9-12-6-13(10-18)8-17(7-12,11-18)15(20)24-4-5-26(21,22)23/h12-13H,4-11H2,1-3H3,(H,21,22,23). The summed E-state index contributed by atoms with van der Waals surface area (Å²) in [6, 6.07) is 0. The summed E-state index contributed by atoms with van der Waals surface area (Å²) in [5.41, 5.74) is -1.93. The lowest BCUT2D eigenvalue weighted by Gasteiger charge is -2.60. The average molecular weight is 388 g/mol. The van der Waals surface area contributed by atoms with Gasteiger partial charge in [0.1, 0.15) is 18.0 Å². The van der Waals surface area contributed by atoms with Crippen LogP contribution in [0.5, 0.6) is 0 Å². The van der Waals surface area contributed by atoms with Crippen LogP contribution in [0.1, 0.15) is 59.3 Å². The summed E-state index contributed by atoms with van der Waals surface area (Å²) in [6.07, 6.45) is 4.44. The van der Waals surface area contributed by atoms with E-state index in [4.69, 9.17) is 14.0 Å². The molecule has 2 unspecified atom stereocenters. The predicted molar refractivity (Wildman–Crippen MR) is 92.8 cm³/mol. The number of esters is 2. The summed E-state index contributed by atoms with van der Waals surface area (Å²) in [7, 11) is -4.17. The molecule has 4 aliphatic rings. The number of hydrogen-bond acceptors (Lipinski definition) is 6. The first-order valence-electron chi connectivity index (χ1n) is 9.18. The second kappa shape index (κ2) is 6.19. The van der Waals surface area contributed by atoms with Crippen LogP contribution in [-0.2, 0) is 29.2 Å². The Kier molecular flexibility index (Phi) is 4.67. The van der Waals surface area contributed by atoms with Crippen LogP contribution in [0.2, 0.25) is 0 Å². The van der Waals surface area contributed by atoms with Crippen molar-refractivity contribution in [2.75, 3.05) is 12.4 Å². The van der Waals surface area contributed by atoms with Crippen molar-refractivity contribution in [1.29, 1.82) is 0 Å². The van der Waals surface area contributed by atoms with Crippen LogP contribution in [0.4, 0.5) is 0 Å². The van der Waals surface area contributed by atoms with E-state index in [0.29, 0.717) is 31.1 Å². The Morgan fingerprint density at radius 2 is 1.69 bits per heavy atom.